The largest absolute Gasteiger partial charge is 0.388 e. The van der Waals surface area contributed by atoms with Crippen molar-refractivity contribution in [3.05, 3.63) is 35.9 Å². The summed E-state index contributed by atoms with van der Waals surface area (Å²) in [5.74, 6) is 0. The number of morpholine rings is 1. The first-order chi connectivity index (χ1) is 16.4. The third-order valence-electron chi connectivity index (χ3n) is 9.26. The third-order valence-corrected chi connectivity index (χ3v) is 9.26. The molecule has 0 radical (unpaired) electrons. The zero-order valence-electron chi connectivity index (χ0n) is 21.0. The molecule has 34 heavy (non-hydrogen) atoms. The number of rotatable bonds is 7. The smallest absolute Gasteiger partial charge is 0.320 e. The summed E-state index contributed by atoms with van der Waals surface area (Å²) in [6.07, 6.45) is 6.65. The van der Waals surface area contributed by atoms with Gasteiger partial charge >= 0.3 is 6.03 Å². The van der Waals surface area contributed by atoms with Gasteiger partial charge in [-0.15, -0.1) is 0 Å². The van der Waals surface area contributed by atoms with Gasteiger partial charge in [-0.25, -0.2) is 4.79 Å². The van der Waals surface area contributed by atoms with Gasteiger partial charge in [0, 0.05) is 38.3 Å². The van der Waals surface area contributed by atoms with Crippen molar-refractivity contribution in [1.82, 2.24) is 19.6 Å². The molecule has 4 fully saturated rings. The van der Waals surface area contributed by atoms with E-state index < -0.39 is 5.60 Å². The minimum Gasteiger partial charge on any atom is -0.388 e. The molecule has 1 N–H and O–H groups in total. The number of amides is 2. The first-order valence-corrected chi connectivity index (χ1v) is 13.2. The average molecular weight is 471 g/mol. The Hall–Kier alpha value is -1.67. The van der Waals surface area contributed by atoms with Crippen LogP contribution in [0.3, 0.4) is 0 Å². The Morgan fingerprint density at radius 2 is 1.65 bits per heavy atom. The summed E-state index contributed by atoms with van der Waals surface area (Å²) in [6, 6.07) is 11.0. The Morgan fingerprint density at radius 3 is 2.24 bits per heavy atom. The summed E-state index contributed by atoms with van der Waals surface area (Å²) < 4.78 is 5.49. The summed E-state index contributed by atoms with van der Waals surface area (Å²) in [5, 5.41) is 11.0. The second-order valence-electron chi connectivity index (χ2n) is 11.3. The lowest BCUT2D eigenvalue weighted by Crippen LogP contribution is -2.59. The molecule has 4 aliphatic rings. The SMILES string of the molecule is CN(C)C1(c2ccccc2)CCC2(CC1)CN(CCN1CCOCC1)C(=O)N2CC1(O)CCC1. The van der Waals surface area contributed by atoms with Crippen molar-refractivity contribution in [2.45, 2.75) is 61.6 Å². The van der Waals surface area contributed by atoms with E-state index in [1.54, 1.807) is 0 Å². The van der Waals surface area contributed by atoms with Gasteiger partial charge in [0.1, 0.15) is 0 Å². The van der Waals surface area contributed by atoms with Crippen LogP contribution in [0.15, 0.2) is 30.3 Å². The van der Waals surface area contributed by atoms with Gasteiger partial charge in [-0.1, -0.05) is 30.3 Å². The minimum absolute atomic E-state index is 0.00415. The quantitative estimate of drug-likeness (QED) is 0.664. The first kappa shape index (κ1) is 24.0. The van der Waals surface area contributed by atoms with Crippen LogP contribution in [0.2, 0.25) is 0 Å². The van der Waals surface area contributed by atoms with Gasteiger partial charge in [0.2, 0.25) is 0 Å². The number of hydrogen-bond acceptors (Lipinski definition) is 5. The number of carbonyl (C=O) groups excluding carboxylic acids is 1. The van der Waals surface area contributed by atoms with Gasteiger partial charge in [-0.2, -0.15) is 0 Å². The van der Waals surface area contributed by atoms with Crippen molar-refractivity contribution in [3.8, 4) is 0 Å². The van der Waals surface area contributed by atoms with Gasteiger partial charge in [0.15, 0.2) is 0 Å². The summed E-state index contributed by atoms with van der Waals surface area (Å²) in [6.45, 7) is 6.37. The molecular formula is C27H42N4O3. The molecule has 188 valence electrons. The highest BCUT2D eigenvalue weighted by Gasteiger charge is 2.56. The molecule has 5 rings (SSSR count). The van der Waals surface area contributed by atoms with E-state index in [9.17, 15) is 9.90 Å². The Kier molecular flexibility index (Phi) is 6.66. The normalized spacial score (nSPS) is 31.9. The lowest BCUT2D eigenvalue weighted by atomic mass is 9.67. The first-order valence-electron chi connectivity index (χ1n) is 13.2. The fourth-order valence-corrected chi connectivity index (χ4v) is 6.72. The number of β-amino-alcohol motifs (C(OH)–C–C–N with tert-alkyl or cyclic N) is 1. The van der Waals surface area contributed by atoms with Crippen LogP contribution in [0, 0.1) is 0 Å². The van der Waals surface area contributed by atoms with E-state index in [0.29, 0.717) is 6.54 Å². The lowest BCUT2D eigenvalue weighted by Gasteiger charge is -2.52. The second kappa shape index (κ2) is 9.41. The summed E-state index contributed by atoms with van der Waals surface area (Å²) in [7, 11) is 4.38. The predicted octanol–water partition coefficient (Wildman–Crippen LogP) is 2.74. The van der Waals surface area contributed by atoms with Crippen LogP contribution in [-0.2, 0) is 10.3 Å². The fraction of sp³-hybridized carbons (Fsp3) is 0.741. The van der Waals surface area contributed by atoms with Gasteiger partial charge in [-0.3, -0.25) is 9.80 Å². The number of benzene rings is 1. The van der Waals surface area contributed by atoms with Gasteiger partial charge in [0.05, 0.1) is 30.9 Å². The van der Waals surface area contributed by atoms with E-state index in [4.69, 9.17) is 4.74 Å². The van der Waals surface area contributed by atoms with Crippen molar-refractivity contribution < 1.29 is 14.6 Å². The summed E-state index contributed by atoms with van der Waals surface area (Å²) in [5.41, 5.74) is 0.489. The molecule has 1 spiro atoms. The highest BCUT2D eigenvalue weighted by atomic mass is 16.5. The molecule has 2 aliphatic heterocycles. The van der Waals surface area contributed by atoms with Crippen LogP contribution in [-0.4, -0.2) is 108 Å². The highest BCUT2D eigenvalue weighted by Crippen LogP contribution is 2.50. The molecule has 7 heteroatoms. The zero-order chi connectivity index (χ0) is 23.8. The van der Waals surface area contributed by atoms with E-state index in [1.165, 1.54) is 5.56 Å². The Balaban J connectivity index is 1.35. The lowest BCUT2D eigenvalue weighted by molar-refractivity contribution is -0.0725. The maximum absolute atomic E-state index is 13.7. The maximum Gasteiger partial charge on any atom is 0.320 e. The van der Waals surface area contributed by atoms with Crippen molar-refractivity contribution in [1.29, 1.82) is 0 Å². The molecule has 7 nitrogen and oxygen atoms in total. The van der Waals surface area contributed by atoms with E-state index >= 15 is 0 Å². The van der Waals surface area contributed by atoms with Crippen molar-refractivity contribution in [2.75, 3.05) is 66.6 Å². The Bertz CT molecular complexity index is 843. The molecule has 2 saturated carbocycles. The molecular weight excluding hydrogens is 428 g/mol. The van der Waals surface area contributed by atoms with E-state index in [0.717, 1.165) is 90.9 Å². The van der Waals surface area contributed by atoms with Crippen LogP contribution >= 0.6 is 0 Å². The van der Waals surface area contributed by atoms with Crippen molar-refractivity contribution in [3.63, 3.8) is 0 Å². The number of aliphatic hydroxyl groups is 1. The van der Waals surface area contributed by atoms with Crippen molar-refractivity contribution in [2.24, 2.45) is 0 Å². The minimum atomic E-state index is -0.696. The van der Waals surface area contributed by atoms with Gasteiger partial charge in [0.25, 0.3) is 0 Å². The fourth-order valence-electron chi connectivity index (χ4n) is 6.72. The topological polar surface area (TPSA) is 59.5 Å². The van der Waals surface area contributed by atoms with Crippen LogP contribution in [0.25, 0.3) is 0 Å². The standard InChI is InChI=1S/C27H42N4O3/c1-28(2)27(23-7-4-3-5-8-23)13-11-25(12-14-27)21-30(16-15-29-17-19-34-20-18-29)24(32)31(25)22-26(33)9-6-10-26/h3-5,7-8,33H,6,9-22H2,1-2H3. The molecule has 2 saturated heterocycles. The van der Waals surface area contributed by atoms with Gasteiger partial charge < -0.3 is 19.6 Å². The number of ether oxygens (including phenoxy) is 1. The Morgan fingerprint density at radius 1 is 0.971 bits per heavy atom. The number of carbonyl (C=O) groups is 1. The second-order valence-corrected chi connectivity index (χ2v) is 11.3. The van der Waals surface area contributed by atoms with E-state index in [2.05, 4.69) is 64.0 Å². The molecule has 1 aromatic rings. The van der Waals surface area contributed by atoms with Crippen LogP contribution in [0.1, 0.15) is 50.5 Å². The molecule has 2 aliphatic carbocycles. The van der Waals surface area contributed by atoms with Crippen LogP contribution < -0.4 is 0 Å². The number of urea groups is 1. The molecule has 0 aromatic heterocycles. The Labute approximate surface area is 204 Å². The molecule has 0 atom stereocenters. The number of hydrogen-bond donors (Lipinski definition) is 1. The van der Waals surface area contributed by atoms with Crippen LogP contribution in [0.4, 0.5) is 4.79 Å². The van der Waals surface area contributed by atoms with Crippen molar-refractivity contribution >= 4 is 6.03 Å². The molecule has 2 amide bonds. The average Bonchev–Trinajstić information content (AvgIpc) is 3.09. The maximum atomic E-state index is 13.7. The summed E-state index contributed by atoms with van der Waals surface area (Å²) >= 11 is 0. The molecule has 1 aromatic carbocycles. The van der Waals surface area contributed by atoms with Crippen LogP contribution in [0.5, 0.6) is 0 Å². The predicted molar refractivity (Wildman–Crippen MR) is 133 cm³/mol. The van der Waals surface area contributed by atoms with E-state index in [-0.39, 0.29) is 17.1 Å². The zero-order valence-corrected chi connectivity index (χ0v) is 21.0. The molecule has 0 bridgehead atoms. The summed E-state index contributed by atoms with van der Waals surface area (Å²) in [4.78, 5) is 22.7. The number of nitrogens with zero attached hydrogens (tertiary/aromatic N) is 4. The monoisotopic (exact) mass is 470 g/mol. The van der Waals surface area contributed by atoms with Gasteiger partial charge in [-0.05, 0) is 64.6 Å². The molecule has 0 unspecified atom stereocenters. The third kappa shape index (κ3) is 4.36. The van der Waals surface area contributed by atoms with E-state index in [1.807, 2.05) is 0 Å². The molecule has 2 heterocycles. The highest BCUT2D eigenvalue weighted by molar-refractivity contribution is 5.78.